The van der Waals surface area contributed by atoms with Crippen LogP contribution in [0.5, 0.6) is 0 Å². The molecule has 0 aliphatic heterocycles. The summed E-state index contributed by atoms with van der Waals surface area (Å²) in [6, 6.07) is 5.48. The van der Waals surface area contributed by atoms with Crippen molar-refractivity contribution in [3.63, 3.8) is 0 Å². The van der Waals surface area contributed by atoms with E-state index in [2.05, 4.69) is 21.2 Å². The summed E-state index contributed by atoms with van der Waals surface area (Å²) in [6.07, 6.45) is 6.83. The zero-order valence-electron chi connectivity index (χ0n) is 10.2. The van der Waals surface area contributed by atoms with Crippen LogP contribution in [0.1, 0.15) is 38.5 Å². The quantitative estimate of drug-likeness (QED) is 0.826. The molecule has 4 heteroatoms. The van der Waals surface area contributed by atoms with Crippen LogP contribution in [-0.2, 0) is 4.79 Å². The molecule has 1 saturated carbocycles. The zero-order valence-corrected chi connectivity index (χ0v) is 12.6. The van der Waals surface area contributed by atoms with Gasteiger partial charge in [0.1, 0.15) is 0 Å². The van der Waals surface area contributed by atoms with Crippen LogP contribution >= 0.6 is 27.5 Å². The molecular formula is C14H17BrClNO. The van der Waals surface area contributed by atoms with Crippen molar-refractivity contribution < 1.29 is 4.79 Å². The molecule has 0 aromatic heterocycles. The third-order valence-electron chi connectivity index (χ3n) is 3.48. The standard InChI is InChI=1S/C14H17BrClNO/c15-14-11(16)6-3-7-12(14)17-13(18)9-8-10-4-1-2-5-10/h3,6-7,10H,1-2,4-5,8-9H2,(H,17,18). The molecule has 0 unspecified atom stereocenters. The fourth-order valence-electron chi connectivity index (χ4n) is 2.45. The molecule has 2 rings (SSSR count). The highest BCUT2D eigenvalue weighted by Gasteiger charge is 2.16. The maximum absolute atomic E-state index is 11.9. The lowest BCUT2D eigenvalue weighted by Gasteiger charge is -2.10. The van der Waals surface area contributed by atoms with Gasteiger partial charge in [0.2, 0.25) is 5.91 Å². The number of nitrogens with one attached hydrogen (secondary N) is 1. The van der Waals surface area contributed by atoms with Gasteiger partial charge >= 0.3 is 0 Å². The van der Waals surface area contributed by atoms with Gasteiger partial charge in [0.25, 0.3) is 0 Å². The normalized spacial score (nSPS) is 15.9. The summed E-state index contributed by atoms with van der Waals surface area (Å²) in [4.78, 5) is 11.9. The summed E-state index contributed by atoms with van der Waals surface area (Å²) in [5.74, 6) is 0.823. The van der Waals surface area contributed by atoms with Gasteiger partial charge in [-0.05, 0) is 40.4 Å². The second kappa shape index (κ2) is 6.58. The first-order valence-electron chi connectivity index (χ1n) is 6.40. The molecule has 0 bridgehead atoms. The molecule has 0 atom stereocenters. The smallest absolute Gasteiger partial charge is 0.224 e. The van der Waals surface area contributed by atoms with Crippen LogP contribution < -0.4 is 5.32 Å². The van der Waals surface area contributed by atoms with E-state index in [-0.39, 0.29) is 5.91 Å². The fraction of sp³-hybridized carbons (Fsp3) is 0.500. The molecule has 1 amide bonds. The molecule has 2 nitrogen and oxygen atoms in total. The Bertz CT molecular complexity index is 430. The molecule has 0 saturated heterocycles. The SMILES string of the molecule is O=C(CCC1CCCC1)Nc1cccc(Cl)c1Br. The molecule has 98 valence electrons. The minimum absolute atomic E-state index is 0.0740. The average molecular weight is 331 g/mol. The van der Waals surface area contributed by atoms with Gasteiger partial charge in [0.15, 0.2) is 0 Å². The van der Waals surface area contributed by atoms with E-state index in [1.807, 2.05) is 12.1 Å². The van der Waals surface area contributed by atoms with E-state index in [0.29, 0.717) is 11.4 Å². The third kappa shape index (κ3) is 3.72. The van der Waals surface area contributed by atoms with Crippen molar-refractivity contribution in [2.45, 2.75) is 38.5 Å². The highest BCUT2D eigenvalue weighted by Crippen LogP contribution is 2.31. The Morgan fingerprint density at radius 2 is 2.11 bits per heavy atom. The van der Waals surface area contributed by atoms with Crippen molar-refractivity contribution >= 4 is 39.1 Å². The Morgan fingerprint density at radius 1 is 1.39 bits per heavy atom. The first kappa shape index (κ1) is 13.9. The van der Waals surface area contributed by atoms with Crippen LogP contribution in [0.15, 0.2) is 22.7 Å². The van der Waals surface area contributed by atoms with Gasteiger partial charge in [-0.3, -0.25) is 4.79 Å². The minimum Gasteiger partial charge on any atom is -0.325 e. The van der Waals surface area contributed by atoms with Crippen molar-refractivity contribution in [2.75, 3.05) is 5.32 Å². The molecule has 1 aromatic carbocycles. The highest BCUT2D eigenvalue weighted by atomic mass is 79.9. The molecular weight excluding hydrogens is 314 g/mol. The lowest BCUT2D eigenvalue weighted by atomic mass is 10.0. The van der Waals surface area contributed by atoms with Gasteiger partial charge in [0.05, 0.1) is 15.2 Å². The van der Waals surface area contributed by atoms with E-state index in [1.54, 1.807) is 6.07 Å². The van der Waals surface area contributed by atoms with Crippen molar-refractivity contribution in [1.82, 2.24) is 0 Å². The number of amides is 1. The molecule has 1 fully saturated rings. The number of hydrogen-bond donors (Lipinski definition) is 1. The van der Waals surface area contributed by atoms with Crippen LogP contribution in [0.4, 0.5) is 5.69 Å². The minimum atomic E-state index is 0.0740. The van der Waals surface area contributed by atoms with Gasteiger partial charge in [-0.15, -0.1) is 0 Å². The number of carbonyl (C=O) groups is 1. The van der Waals surface area contributed by atoms with Crippen LogP contribution in [-0.4, -0.2) is 5.91 Å². The molecule has 0 radical (unpaired) electrons. The zero-order chi connectivity index (χ0) is 13.0. The van der Waals surface area contributed by atoms with Crippen LogP contribution in [0.3, 0.4) is 0 Å². The summed E-state index contributed by atoms with van der Waals surface area (Å²) in [7, 11) is 0. The summed E-state index contributed by atoms with van der Waals surface area (Å²) >= 11 is 9.36. The van der Waals surface area contributed by atoms with Crippen LogP contribution in [0, 0.1) is 5.92 Å². The van der Waals surface area contributed by atoms with Crippen molar-refractivity contribution in [1.29, 1.82) is 0 Å². The van der Waals surface area contributed by atoms with Gasteiger partial charge in [-0.1, -0.05) is 43.4 Å². The number of hydrogen-bond acceptors (Lipinski definition) is 1. The molecule has 18 heavy (non-hydrogen) atoms. The Morgan fingerprint density at radius 3 is 2.83 bits per heavy atom. The van der Waals surface area contributed by atoms with Crippen molar-refractivity contribution in [2.24, 2.45) is 5.92 Å². The molecule has 0 heterocycles. The predicted molar refractivity (Wildman–Crippen MR) is 79.0 cm³/mol. The summed E-state index contributed by atoms with van der Waals surface area (Å²) in [5, 5.41) is 3.52. The topological polar surface area (TPSA) is 29.1 Å². The first-order valence-corrected chi connectivity index (χ1v) is 7.58. The number of halogens is 2. The van der Waals surface area contributed by atoms with Crippen molar-refractivity contribution in [3.8, 4) is 0 Å². The average Bonchev–Trinajstić information content (AvgIpc) is 2.86. The van der Waals surface area contributed by atoms with E-state index in [0.717, 1.165) is 22.5 Å². The Kier molecular flexibility index (Phi) is 5.07. The van der Waals surface area contributed by atoms with E-state index < -0.39 is 0 Å². The number of anilines is 1. The van der Waals surface area contributed by atoms with E-state index in [1.165, 1.54) is 25.7 Å². The number of benzene rings is 1. The fourth-order valence-corrected chi connectivity index (χ4v) is 2.99. The van der Waals surface area contributed by atoms with Gasteiger partial charge < -0.3 is 5.32 Å². The summed E-state index contributed by atoms with van der Waals surface area (Å²) in [6.45, 7) is 0. The Labute approximate surface area is 121 Å². The molecule has 1 aliphatic rings. The van der Waals surface area contributed by atoms with Crippen LogP contribution in [0.2, 0.25) is 5.02 Å². The highest BCUT2D eigenvalue weighted by molar-refractivity contribution is 9.10. The second-order valence-corrected chi connectivity index (χ2v) is 6.04. The van der Waals surface area contributed by atoms with Gasteiger partial charge in [-0.2, -0.15) is 0 Å². The number of rotatable bonds is 4. The monoisotopic (exact) mass is 329 g/mol. The first-order chi connectivity index (χ1) is 8.66. The molecule has 1 N–H and O–H groups in total. The maximum atomic E-state index is 11.9. The largest absolute Gasteiger partial charge is 0.325 e. The van der Waals surface area contributed by atoms with E-state index in [4.69, 9.17) is 11.6 Å². The number of carbonyl (C=O) groups excluding carboxylic acids is 1. The maximum Gasteiger partial charge on any atom is 0.224 e. The second-order valence-electron chi connectivity index (χ2n) is 4.84. The van der Waals surface area contributed by atoms with E-state index in [9.17, 15) is 4.79 Å². The third-order valence-corrected chi connectivity index (χ3v) is 4.88. The van der Waals surface area contributed by atoms with Gasteiger partial charge in [0, 0.05) is 6.42 Å². The predicted octanol–water partition coefficient (Wildman–Crippen LogP) is 5.01. The molecule has 1 aliphatic carbocycles. The molecule has 1 aromatic rings. The van der Waals surface area contributed by atoms with Gasteiger partial charge in [-0.25, -0.2) is 0 Å². The van der Waals surface area contributed by atoms with Crippen molar-refractivity contribution in [3.05, 3.63) is 27.7 Å². The lowest BCUT2D eigenvalue weighted by Crippen LogP contribution is -2.13. The van der Waals surface area contributed by atoms with E-state index >= 15 is 0 Å². The summed E-state index contributed by atoms with van der Waals surface area (Å²) in [5.41, 5.74) is 0.749. The molecule has 0 spiro atoms. The Balaban J connectivity index is 1.84. The van der Waals surface area contributed by atoms with Crippen LogP contribution in [0.25, 0.3) is 0 Å². The summed E-state index contributed by atoms with van der Waals surface area (Å²) < 4.78 is 0.751. The lowest BCUT2D eigenvalue weighted by molar-refractivity contribution is -0.116. The Hall–Kier alpha value is -0.540.